The molecule has 0 aromatic heterocycles. The minimum Gasteiger partial charge on any atom is -0.453 e. The first-order valence-corrected chi connectivity index (χ1v) is 12.9. The second-order valence-electron chi connectivity index (χ2n) is 9.53. The minimum absolute atomic E-state index is 0.00656. The maximum absolute atomic E-state index is 13.9. The highest BCUT2D eigenvalue weighted by molar-refractivity contribution is 6.51. The molecule has 0 fully saturated rings. The normalized spacial score (nSPS) is 16.6. The molecular weight excluding hydrogens is 546 g/mol. The van der Waals surface area contributed by atoms with Gasteiger partial charge in [-0.25, -0.2) is 4.79 Å². The molecular formula is C32H18ClNO7. The standard InChI is InChI=1S/C32H18ClNO7/c33-24-25(28(37)20-10-4-3-9-19(20)27(24)36)34-31(39)29(38)23(30-21-11-5-6-12-22(21)32(40)41-30)26(35)18-14-13-16-7-1-2-8-17(16)15-18/h1-15,23,30H,(H,34,39)/t23-,30-/m0/s1. The number of nitrogens with one attached hydrogen (secondary N) is 1. The number of allylic oxidation sites excluding steroid dienone is 2. The molecule has 41 heavy (non-hydrogen) atoms. The Morgan fingerprint density at radius 3 is 2.07 bits per heavy atom. The first-order valence-electron chi connectivity index (χ1n) is 12.5. The van der Waals surface area contributed by atoms with E-state index in [1.807, 2.05) is 12.1 Å². The third-order valence-corrected chi connectivity index (χ3v) is 7.51. The topological polar surface area (TPSA) is 124 Å². The molecule has 0 unspecified atom stereocenters. The summed E-state index contributed by atoms with van der Waals surface area (Å²) in [5.74, 6) is -7.39. The third kappa shape index (κ3) is 4.34. The van der Waals surface area contributed by atoms with E-state index in [1.165, 1.54) is 36.4 Å². The molecule has 4 aromatic carbocycles. The van der Waals surface area contributed by atoms with Gasteiger partial charge in [0.15, 0.2) is 5.78 Å². The molecule has 200 valence electrons. The molecule has 0 saturated carbocycles. The maximum atomic E-state index is 13.9. The molecule has 0 spiro atoms. The molecule has 0 saturated heterocycles. The number of ether oxygens (including phenoxy) is 1. The Kier molecular flexibility index (Phi) is 6.40. The molecule has 8 nitrogen and oxygen atoms in total. The lowest BCUT2D eigenvalue weighted by molar-refractivity contribution is -0.140. The fraction of sp³-hybridized carbons (Fsp3) is 0.0625. The summed E-state index contributed by atoms with van der Waals surface area (Å²) in [4.78, 5) is 79.5. The Morgan fingerprint density at radius 1 is 0.732 bits per heavy atom. The molecule has 1 aliphatic carbocycles. The largest absolute Gasteiger partial charge is 0.453 e. The summed E-state index contributed by atoms with van der Waals surface area (Å²) >= 11 is 6.16. The van der Waals surface area contributed by atoms with Gasteiger partial charge in [-0.05, 0) is 22.9 Å². The second kappa shape index (κ2) is 10.1. The van der Waals surface area contributed by atoms with Crippen LogP contribution in [0.5, 0.6) is 0 Å². The summed E-state index contributed by atoms with van der Waals surface area (Å²) in [5, 5.41) is 3.17. The van der Waals surface area contributed by atoms with E-state index >= 15 is 0 Å². The van der Waals surface area contributed by atoms with E-state index in [-0.39, 0.29) is 27.8 Å². The quantitative estimate of drug-likeness (QED) is 0.155. The summed E-state index contributed by atoms with van der Waals surface area (Å²) in [6, 6.07) is 24.2. The van der Waals surface area contributed by atoms with E-state index in [0.717, 1.165) is 10.8 Å². The number of hydrogen-bond acceptors (Lipinski definition) is 7. The zero-order valence-electron chi connectivity index (χ0n) is 21.1. The number of ketones is 4. The van der Waals surface area contributed by atoms with Crippen LogP contribution in [-0.4, -0.2) is 35.0 Å². The highest BCUT2D eigenvalue weighted by Gasteiger charge is 2.47. The third-order valence-electron chi connectivity index (χ3n) is 7.15. The number of carbonyl (C=O) groups is 6. The van der Waals surface area contributed by atoms with Gasteiger partial charge in [-0.1, -0.05) is 90.5 Å². The molecule has 4 aromatic rings. The summed E-state index contributed by atoms with van der Waals surface area (Å²) in [6.45, 7) is 0. The van der Waals surface area contributed by atoms with Gasteiger partial charge in [0, 0.05) is 22.3 Å². The van der Waals surface area contributed by atoms with Crippen LogP contribution < -0.4 is 5.32 Å². The molecule has 2 aliphatic rings. The molecule has 0 bridgehead atoms. The number of hydrogen-bond donors (Lipinski definition) is 1. The van der Waals surface area contributed by atoms with Crippen molar-refractivity contribution in [2.75, 3.05) is 0 Å². The van der Waals surface area contributed by atoms with Crippen LogP contribution in [0.25, 0.3) is 10.8 Å². The number of esters is 1. The SMILES string of the molecule is O=C(NC1=C(Cl)C(=O)c2ccccc2C1=O)C(=O)[C@H](C(=O)c1ccc2ccccc2c1)[C@H]1OC(=O)c2ccccc21. The lowest BCUT2D eigenvalue weighted by Crippen LogP contribution is -2.43. The number of fused-ring (bicyclic) bond motifs is 3. The van der Waals surface area contributed by atoms with Crippen LogP contribution in [0.15, 0.2) is 102 Å². The van der Waals surface area contributed by atoms with Gasteiger partial charge in [-0.15, -0.1) is 0 Å². The fourth-order valence-corrected chi connectivity index (χ4v) is 5.35. The summed E-state index contributed by atoms with van der Waals surface area (Å²) < 4.78 is 5.47. The monoisotopic (exact) mass is 563 g/mol. The second-order valence-corrected chi connectivity index (χ2v) is 9.91. The van der Waals surface area contributed by atoms with Crippen LogP contribution >= 0.6 is 11.6 Å². The zero-order valence-corrected chi connectivity index (χ0v) is 21.8. The number of benzene rings is 4. The Labute approximate surface area is 237 Å². The lowest BCUT2D eigenvalue weighted by atomic mass is 9.84. The predicted molar refractivity (Wildman–Crippen MR) is 147 cm³/mol. The summed E-state index contributed by atoms with van der Waals surface area (Å²) in [5.41, 5.74) is 0.0443. The Balaban J connectivity index is 1.39. The predicted octanol–water partition coefficient (Wildman–Crippen LogP) is 4.77. The van der Waals surface area contributed by atoms with Crippen LogP contribution in [0.3, 0.4) is 0 Å². The van der Waals surface area contributed by atoms with Crippen LogP contribution in [-0.2, 0) is 14.3 Å². The molecule has 0 radical (unpaired) electrons. The van der Waals surface area contributed by atoms with Gasteiger partial charge in [0.05, 0.1) is 5.56 Å². The van der Waals surface area contributed by atoms with Crippen molar-refractivity contribution in [3.8, 4) is 0 Å². The lowest BCUT2D eigenvalue weighted by Gasteiger charge is -2.22. The van der Waals surface area contributed by atoms with Crippen LogP contribution in [0.2, 0.25) is 0 Å². The average molecular weight is 564 g/mol. The van der Waals surface area contributed by atoms with Crippen molar-refractivity contribution in [3.63, 3.8) is 0 Å². The number of rotatable bonds is 6. The van der Waals surface area contributed by atoms with Crippen molar-refractivity contribution in [1.29, 1.82) is 0 Å². The number of amides is 1. The maximum Gasteiger partial charge on any atom is 0.339 e. The van der Waals surface area contributed by atoms with Crippen molar-refractivity contribution in [2.24, 2.45) is 5.92 Å². The van der Waals surface area contributed by atoms with Crippen LogP contribution in [0.1, 0.15) is 53.1 Å². The van der Waals surface area contributed by atoms with Gasteiger partial charge < -0.3 is 10.1 Å². The zero-order chi connectivity index (χ0) is 28.8. The smallest absolute Gasteiger partial charge is 0.339 e. The molecule has 1 aliphatic heterocycles. The van der Waals surface area contributed by atoms with Gasteiger partial charge >= 0.3 is 5.97 Å². The summed E-state index contributed by atoms with van der Waals surface area (Å²) in [6.07, 6.45) is -1.40. The first kappa shape index (κ1) is 26.0. The van der Waals surface area contributed by atoms with Gasteiger partial charge in [0.2, 0.25) is 17.3 Å². The van der Waals surface area contributed by atoms with E-state index in [9.17, 15) is 28.8 Å². The molecule has 6 rings (SSSR count). The molecule has 1 N–H and O–H groups in total. The van der Waals surface area contributed by atoms with Gasteiger partial charge in [-0.3, -0.25) is 24.0 Å². The van der Waals surface area contributed by atoms with E-state index in [0.29, 0.717) is 0 Å². The average Bonchev–Trinajstić information content (AvgIpc) is 3.33. The Bertz CT molecular complexity index is 1890. The van der Waals surface area contributed by atoms with E-state index in [1.54, 1.807) is 42.5 Å². The number of cyclic esters (lactones) is 1. The van der Waals surface area contributed by atoms with Crippen molar-refractivity contribution < 1.29 is 33.5 Å². The van der Waals surface area contributed by atoms with Gasteiger partial charge in [0.1, 0.15) is 22.8 Å². The molecule has 1 amide bonds. The van der Waals surface area contributed by atoms with Crippen molar-refractivity contribution in [2.45, 2.75) is 6.10 Å². The number of carbonyl (C=O) groups excluding carboxylic acids is 6. The fourth-order valence-electron chi connectivity index (χ4n) is 5.11. The molecule has 9 heteroatoms. The van der Waals surface area contributed by atoms with Crippen LogP contribution in [0.4, 0.5) is 0 Å². The van der Waals surface area contributed by atoms with Gasteiger partial charge in [0.25, 0.3) is 5.91 Å². The summed E-state index contributed by atoms with van der Waals surface area (Å²) in [7, 11) is 0. The van der Waals surface area contributed by atoms with Gasteiger partial charge in [-0.2, -0.15) is 0 Å². The van der Waals surface area contributed by atoms with Crippen LogP contribution in [0, 0.1) is 5.92 Å². The Morgan fingerprint density at radius 2 is 1.34 bits per heavy atom. The van der Waals surface area contributed by atoms with Crippen molar-refractivity contribution in [1.82, 2.24) is 5.32 Å². The van der Waals surface area contributed by atoms with E-state index < -0.39 is 57.8 Å². The molecule has 1 heterocycles. The molecule has 2 atom stereocenters. The number of halogens is 1. The van der Waals surface area contributed by atoms with E-state index in [2.05, 4.69) is 5.32 Å². The van der Waals surface area contributed by atoms with E-state index in [4.69, 9.17) is 16.3 Å². The first-order chi connectivity index (χ1) is 19.8. The number of Topliss-reactive ketones (excluding diaryl/α,β-unsaturated/α-hetero) is 4. The highest BCUT2D eigenvalue weighted by Crippen LogP contribution is 2.38. The minimum atomic E-state index is -1.79. The van der Waals surface area contributed by atoms with Crippen molar-refractivity contribution >= 4 is 57.4 Å². The van der Waals surface area contributed by atoms with Crippen molar-refractivity contribution in [3.05, 3.63) is 130 Å². The Hall–Kier alpha value is -5.21. The highest BCUT2D eigenvalue weighted by atomic mass is 35.5.